The molecule has 2 heterocycles. The summed E-state index contributed by atoms with van der Waals surface area (Å²) in [5, 5.41) is 22.2. The number of halogens is 1. The van der Waals surface area contributed by atoms with E-state index in [-0.39, 0.29) is 17.9 Å². The molecular formula is C15H19ClN6O2. The number of nitrogens with zero attached hydrogens (tertiary/aromatic N) is 5. The van der Waals surface area contributed by atoms with Crippen LogP contribution >= 0.6 is 11.6 Å². The highest BCUT2D eigenvalue weighted by molar-refractivity contribution is 6.30. The van der Waals surface area contributed by atoms with Crippen LogP contribution in [0.1, 0.15) is 25.7 Å². The van der Waals surface area contributed by atoms with Gasteiger partial charge in [-0.3, -0.25) is 9.48 Å². The summed E-state index contributed by atoms with van der Waals surface area (Å²) in [5.41, 5.74) is -0.621. The fraction of sp³-hybridized carbons (Fsp3) is 0.600. The maximum Gasteiger partial charge on any atom is 0.248 e. The van der Waals surface area contributed by atoms with Crippen molar-refractivity contribution in [1.29, 1.82) is 0 Å². The van der Waals surface area contributed by atoms with Crippen LogP contribution in [0.3, 0.4) is 0 Å². The zero-order valence-corrected chi connectivity index (χ0v) is 13.8. The SMILES string of the molecule is O=C(N[C@@H]1CC(Cn2cc(Cl)cn2)C[C@H]1O)C1(n2cncn2)CC1. The highest BCUT2D eigenvalue weighted by Crippen LogP contribution is 2.43. The maximum atomic E-state index is 12.6. The minimum Gasteiger partial charge on any atom is -0.391 e. The zero-order chi connectivity index (χ0) is 16.7. The summed E-state index contributed by atoms with van der Waals surface area (Å²) < 4.78 is 3.40. The van der Waals surface area contributed by atoms with E-state index in [1.165, 1.54) is 6.33 Å². The average molecular weight is 351 g/mol. The second-order valence-corrected chi connectivity index (χ2v) is 7.17. The number of hydrogen-bond acceptors (Lipinski definition) is 5. The molecule has 3 atom stereocenters. The van der Waals surface area contributed by atoms with Crippen LogP contribution in [0.2, 0.25) is 5.02 Å². The first kappa shape index (κ1) is 15.6. The van der Waals surface area contributed by atoms with Crippen molar-refractivity contribution in [2.45, 2.75) is 49.9 Å². The van der Waals surface area contributed by atoms with Gasteiger partial charge in [0.15, 0.2) is 0 Å². The normalized spacial score (nSPS) is 28.0. The van der Waals surface area contributed by atoms with Crippen molar-refractivity contribution >= 4 is 17.5 Å². The molecule has 2 aromatic heterocycles. The molecule has 8 nitrogen and oxygen atoms in total. The molecule has 128 valence electrons. The molecule has 2 fully saturated rings. The number of amides is 1. The Balaban J connectivity index is 1.38. The third-order valence-corrected chi connectivity index (χ3v) is 5.19. The lowest BCUT2D eigenvalue weighted by Crippen LogP contribution is -2.47. The van der Waals surface area contributed by atoms with Gasteiger partial charge in [0.25, 0.3) is 0 Å². The van der Waals surface area contributed by atoms with Crippen molar-refractivity contribution in [3.8, 4) is 0 Å². The highest BCUT2D eigenvalue weighted by Gasteiger charge is 2.53. The summed E-state index contributed by atoms with van der Waals surface area (Å²) in [6.45, 7) is 0.685. The van der Waals surface area contributed by atoms with Crippen LogP contribution in [0.4, 0.5) is 0 Å². The van der Waals surface area contributed by atoms with Crippen molar-refractivity contribution in [3.63, 3.8) is 0 Å². The van der Waals surface area contributed by atoms with Gasteiger partial charge in [0, 0.05) is 12.7 Å². The standard InChI is InChI=1S/C15H19ClN6O2/c16-11-5-18-21(7-11)6-10-3-12(13(23)4-10)20-14(24)15(1-2-15)22-9-17-8-19-22/h5,7-10,12-13,23H,1-4,6H2,(H,20,24)/t10?,12-,13-/m1/s1. The number of aliphatic hydroxyl groups excluding tert-OH is 1. The van der Waals surface area contributed by atoms with Gasteiger partial charge in [-0.05, 0) is 31.6 Å². The van der Waals surface area contributed by atoms with Gasteiger partial charge in [-0.15, -0.1) is 0 Å². The predicted molar refractivity (Wildman–Crippen MR) is 85.1 cm³/mol. The van der Waals surface area contributed by atoms with Crippen LogP contribution in [-0.2, 0) is 16.9 Å². The molecule has 4 rings (SSSR count). The summed E-state index contributed by atoms with van der Waals surface area (Å²) >= 11 is 5.87. The van der Waals surface area contributed by atoms with Gasteiger partial charge < -0.3 is 10.4 Å². The molecule has 2 saturated carbocycles. The van der Waals surface area contributed by atoms with E-state index in [4.69, 9.17) is 11.6 Å². The first-order valence-electron chi connectivity index (χ1n) is 8.09. The Morgan fingerprint density at radius 2 is 2.25 bits per heavy atom. The van der Waals surface area contributed by atoms with E-state index < -0.39 is 11.6 Å². The van der Waals surface area contributed by atoms with Crippen molar-refractivity contribution in [2.75, 3.05) is 0 Å². The Morgan fingerprint density at radius 1 is 1.42 bits per heavy atom. The first-order chi connectivity index (χ1) is 11.6. The molecule has 2 aromatic rings. The summed E-state index contributed by atoms with van der Waals surface area (Å²) in [5.74, 6) is 0.169. The van der Waals surface area contributed by atoms with Gasteiger partial charge >= 0.3 is 0 Å². The van der Waals surface area contributed by atoms with Crippen LogP contribution in [0.25, 0.3) is 0 Å². The van der Waals surface area contributed by atoms with E-state index >= 15 is 0 Å². The molecule has 0 saturated heterocycles. The van der Waals surface area contributed by atoms with Gasteiger partial charge in [-0.2, -0.15) is 10.2 Å². The van der Waals surface area contributed by atoms with Crippen molar-refractivity contribution in [1.82, 2.24) is 29.9 Å². The second-order valence-electron chi connectivity index (χ2n) is 6.74. The van der Waals surface area contributed by atoms with E-state index in [9.17, 15) is 9.90 Å². The number of hydrogen-bond donors (Lipinski definition) is 2. The highest BCUT2D eigenvalue weighted by atomic mass is 35.5. The molecule has 9 heteroatoms. The van der Waals surface area contributed by atoms with Crippen molar-refractivity contribution in [3.05, 3.63) is 30.1 Å². The quantitative estimate of drug-likeness (QED) is 0.821. The molecule has 1 unspecified atom stereocenters. The Bertz CT molecular complexity index is 726. The number of aliphatic hydroxyl groups is 1. The number of aromatic nitrogens is 5. The molecule has 0 aromatic carbocycles. The molecule has 0 bridgehead atoms. The Labute approximate surface area is 143 Å². The summed E-state index contributed by atoms with van der Waals surface area (Å²) in [6.07, 6.45) is 8.68. The Morgan fingerprint density at radius 3 is 2.88 bits per heavy atom. The van der Waals surface area contributed by atoms with Gasteiger partial charge in [-0.25, -0.2) is 9.67 Å². The molecule has 24 heavy (non-hydrogen) atoms. The third kappa shape index (κ3) is 2.80. The Kier molecular flexibility index (Phi) is 3.80. The predicted octanol–water partition coefficient (Wildman–Crippen LogP) is 0.573. The zero-order valence-electron chi connectivity index (χ0n) is 13.0. The van der Waals surface area contributed by atoms with Crippen LogP contribution in [0.15, 0.2) is 25.0 Å². The molecule has 0 radical (unpaired) electrons. The molecule has 0 spiro atoms. The largest absolute Gasteiger partial charge is 0.391 e. The smallest absolute Gasteiger partial charge is 0.248 e. The molecule has 2 aliphatic carbocycles. The van der Waals surface area contributed by atoms with Crippen molar-refractivity contribution in [2.24, 2.45) is 5.92 Å². The fourth-order valence-corrected chi connectivity index (χ4v) is 3.69. The van der Waals surface area contributed by atoms with E-state index in [1.807, 2.05) is 0 Å². The van der Waals surface area contributed by atoms with Gasteiger partial charge in [-0.1, -0.05) is 11.6 Å². The summed E-state index contributed by atoms with van der Waals surface area (Å²) in [4.78, 5) is 16.6. The number of nitrogens with one attached hydrogen (secondary N) is 1. The third-order valence-electron chi connectivity index (χ3n) is 4.99. The van der Waals surface area contributed by atoms with Crippen LogP contribution in [0, 0.1) is 5.92 Å². The fourth-order valence-electron chi connectivity index (χ4n) is 3.54. The van der Waals surface area contributed by atoms with E-state index in [2.05, 4.69) is 20.5 Å². The lowest BCUT2D eigenvalue weighted by molar-refractivity contribution is -0.127. The maximum absolute atomic E-state index is 12.6. The van der Waals surface area contributed by atoms with Crippen LogP contribution < -0.4 is 5.32 Å². The molecule has 2 N–H and O–H groups in total. The van der Waals surface area contributed by atoms with E-state index in [0.717, 1.165) is 19.3 Å². The lowest BCUT2D eigenvalue weighted by Gasteiger charge is -2.21. The molecular weight excluding hydrogens is 332 g/mol. The Hall–Kier alpha value is -1.93. The first-order valence-corrected chi connectivity index (χ1v) is 8.47. The minimum absolute atomic E-state index is 0.0835. The summed E-state index contributed by atoms with van der Waals surface area (Å²) in [7, 11) is 0. The number of carbonyl (C=O) groups excluding carboxylic acids is 1. The van der Waals surface area contributed by atoms with Crippen LogP contribution in [-0.4, -0.2) is 47.7 Å². The van der Waals surface area contributed by atoms with Crippen LogP contribution in [0.5, 0.6) is 0 Å². The van der Waals surface area contributed by atoms with E-state index in [1.54, 1.807) is 28.1 Å². The summed E-state index contributed by atoms with van der Waals surface area (Å²) in [6, 6.07) is -0.241. The molecule has 2 aliphatic rings. The van der Waals surface area contributed by atoms with E-state index in [0.29, 0.717) is 18.0 Å². The lowest BCUT2D eigenvalue weighted by atomic mass is 10.1. The van der Waals surface area contributed by atoms with Crippen molar-refractivity contribution < 1.29 is 9.90 Å². The molecule has 0 aliphatic heterocycles. The van der Waals surface area contributed by atoms with Gasteiger partial charge in [0.2, 0.25) is 5.91 Å². The number of rotatable bonds is 5. The number of carbonyl (C=O) groups is 1. The minimum atomic E-state index is -0.621. The molecule has 1 amide bonds. The second kappa shape index (κ2) is 5.86. The van der Waals surface area contributed by atoms with Gasteiger partial charge in [0.05, 0.1) is 23.4 Å². The monoisotopic (exact) mass is 350 g/mol. The topological polar surface area (TPSA) is 97.9 Å². The van der Waals surface area contributed by atoms with Gasteiger partial charge in [0.1, 0.15) is 18.2 Å². The average Bonchev–Trinajstić information content (AvgIpc) is 2.88.